The summed E-state index contributed by atoms with van der Waals surface area (Å²) in [6, 6.07) is 1.82. The van der Waals surface area contributed by atoms with Crippen molar-refractivity contribution < 1.29 is 14.7 Å². The molecule has 0 atom stereocenters. The maximum absolute atomic E-state index is 12.9. The zero-order valence-electron chi connectivity index (χ0n) is 13.5. The van der Waals surface area contributed by atoms with Gasteiger partial charge in [-0.25, -0.2) is 4.98 Å². The number of hydrogen-bond donors (Lipinski definition) is 1. The molecule has 0 unspecified atom stereocenters. The number of aromatic nitrogens is 3. The molecule has 2 heterocycles. The molecule has 1 saturated carbocycles. The minimum absolute atomic E-state index is 0.277. The van der Waals surface area contributed by atoms with E-state index in [1.165, 1.54) is 4.90 Å². The Morgan fingerprint density at radius 1 is 1.43 bits per heavy atom. The van der Waals surface area contributed by atoms with Crippen LogP contribution in [0.3, 0.4) is 0 Å². The number of carbonyl (C=O) groups is 2. The van der Waals surface area contributed by atoms with Gasteiger partial charge in [-0.1, -0.05) is 0 Å². The van der Waals surface area contributed by atoms with Crippen molar-refractivity contribution in [3.8, 4) is 0 Å². The molecule has 0 aliphatic heterocycles. The third kappa shape index (κ3) is 2.78. The molecular weight excluding hydrogens is 296 g/mol. The summed E-state index contributed by atoms with van der Waals surface area (Å²) in [5.41, 5.74) is 2.81. The first kappa shape index (κ1) is 15.5. The van der Waals surface area contributed by atoms with E-state index in [4.69, 9.17) is 5.11 Å². The summed E-state index contributed by atoms with van der Waals surface area (Å²) < 4.78 is 1.68. The van der Waals surface area contributed by atoms with Crippen LogP contribution in [0.5, 0.6) is 0 Å². The Hall–Kier alpha value is -2.44. The number of carboxylic acid groups (broad SMARTS) is 1. The number of aryl methyl sites for hydroxylation is 2. The standard InChI is InChI=1S/C16H20N4O3/c1-4-20(8-13(21)22)16(23)11-7-12(10-5-6-10)17-15-14(11)9(2)18-19(15)3/h7,10H,4-6,8H2,1-3H3,(H,21,22). The van der Waals surface area contributed by atoms with Gasteiger partial charge in [-0.2, -0.15) is 5.10 Å². The van der Waals surface area contributed by atoms with Crippen molar-refractivity contribution in [3.05, 3.63) is 23.0 Å². The van der Waals surface area contributed by atoms with Gasteiger partial charge in [-0.15, -0.1) is 0 Å². The highest BCUT2D eigenvalue weighted by molar-refractivity contribution is 6.07. The van der Waals surface area contributed by atoms with E-state index < -0.39 is 5.97 Å². The lowest BCUT2D eigenvalue weighted by Crippen LogP contribution is -2.35. The van der Waals surface area contributed by atoms with Gasteiger partial charge in [-0.05, 0) is 32.8 Å². The molecule has 0 saturated heterocycles. The van der Waals surface area contributed by atoms with Crippen molar-refractivity contribution in [1.29, 1.82) is 0 Å². The normalized spacial score (nSPS) is 14.2. The fourth-order valence-electron chi connectivity index (χ4n) is 2.88. The first-order valence-electron chi connectivity index (χ1n) is 7.77. The molecule has 0 bridgehead atoms. The molecule has 0 spiro atoms. The fraction of sp³-hybridized carbons (Fsp3) is 0.500. The molecule has 1 amide bonds. The fourth-order valence-corrected chi connectivity index (χ4v) is 2.88. The minimum atomic E-state index is -1.02. The van der Waals surface area contributed by atoms with Crippen molar-refractivity contribution in [3.63, 3.8) is 0 Å². The van der Waals surface area contributed by atoms with Crippen LogP contribution in [0.25, 0.3) is 11.0 Å². The van der Waals surface area contributed by atoms with E-state index in [9.17, 15) is 9.59 Å². The van der Waals surface area contributed by atoms with Gasteiger partial charge in [0, 0.05) is 25.2 Å². The summed E-state index contributed by atoms with van der Waals surface area (Å²) in [7, 11) is 1.81. The lowest BCUT2D eigenvalue weighted by molar-refractivity contribution is -0.137. The Labute approximate surface area is 133 Å². The van der Waals surface area contributed by atoms with Crippen LogP contribution in [-0.2, 0) is 11.8 Å². The Balaban J connectivity index is 2.14. The van der Waals surface area contributed by atoms with E-state index in [0.29, 0.717) is 29.1 Å². The Kier molecular flexibility index (Phi) is 3.79. The van der Waals surface area contributed by atoms with Gasteiger partial charge in [-0.3, -0.25) is 14.3 Å². The summed E-state index contributed by atoms with van der Waals surface area (Å²) >= 11 is 0. The van der Waals surface area contributed by atoms with E-state index in [1.807, 2.05) is 20.0 Å². The summed E-state index contributed by atoms with van der Waals surface area (Å²) in [5.74, 6) is -0.896. The van der Waals surface area contributed by atoms with Crippen molar-refractivity contribution in [2.45, 2.75) is 32.6 Å². The monoisotopic (exact) mass is 316 g/mol. The number of rotatable bonds is 5. The molecule has 7 heteroatoms. The number of aliphatic carboxylic acids is 1. The first-order valence-corrected chi connectivity index (χ1v) is 7.77. The lowest BCUT2D eigenvalue weighted by Gasteiger charge is -2.19. The zero-order chi connectivity index (χ0) is 16.7. The van der Waals surface area contributed by atoms with Crippen LogP contribution in [-0.4, -0.2) is 49.7 Å². The minimum Gasteiger partial charge on any atom is -0.480 e. The largest absolute Gasteiger partial charge is 0.480 e. The number of amides is 1. The summed E-state index contributed by atoms with van der Waals surface area (Å²) in [6.45, 7) is 3.65. The van der Waals surface area contributed by atoms with E-state index in [2.05, 4.69) is 10.1 Å². The molecule has 3 rings (SSSR count). The van der Waals surface area contributed by atoms with Crippen LogP contribution >= 0.6 is 0 Å². The smallest absolute Gasteiger partial charge is 0.323 e. The molecule has 1 aliphatic carbocycles. The maximum Gasteiger partial charge on any atom is 0.323 e. The van der Waals surface area contributed by atoms with Gasteiger partial charge in [0.2, 0.25) is 0 Å². The second-order valence-corrected chi connectivity index (χ2v) is 5.99. The van der Waals surface area contributed by atoms with Crippen LogP contribution in [0, 0.1) is 6.92 Å². The third-order valence-corrected chi connectivity index (χ3v) is 4.21. The van der Waals surface area contributed by atoms with Gasteiger partial charge in [0.25, 0.3) is 5.91 Å². The van der Waals surface area contributed by atoms with E-state index >= 15 is 0 Å². The van der Waals surface area contributed by atoms with Crippen molar-refractivity contribution in [2.24, 2.45) is 7.05 Å². The number of pyridine rings is 1. The lowest BCUT2D eigenvalue weighted by atomic mass is 10.1. The highest BCUT2D eigenvalue weighted by Crippen LogP contribution is 2.40. The average molecular weight is 316 g/mol. The predicted molar refractivity (Wildman–Crippen MR) is 84.4 cm³/mol. The number of fused-ring (bicyclic) bond motifs is 1. The van der Waals surface area contributed by atoms with Crippen molar-refractivity contribution >= 4 is 22.9 Å². The molecule has 2 aromatic heterocycles. The maximum atomic E-state index is 12.9. The zero-order valence-corrected chi connectivity index (χ0v) is 13.5. The summed E-state index contributed by atoms with van der Waals surface area (Å²) in [5, 5.41) is 14.1. The molecule has 0 radical (unpaired) electrons. The molecule has 2 aromatic rings. The van der Waals surface area contributed by atoms with Crippen molar-refractivity contribution in [2.75, 3.05) is 13.1 Å². The summed E-state index contributed by atoms with van der Waals surface area (Å²) in [4.78, 5) is 29.9. The Morgan fingerprint density at radius 2 is 2.13 bits per heavy atom. The average Bonchev–Trinajstić information content (AvgIpc) is 3.31. The van der Waals surface area contributed by atoms with Crippen LogP contribution in [0.1, 0.15) is 47.4 Å². The highest BCUT2D eigenvalue weighted by Gasteiger charge is 2.29. The van der Waals surface area contributed by atoms with Gasteiger partial charge in [0.05, 0.1) is 16.6 Å². The van der Waals surface area contributed by atoms with E-state index in [0.717, 1.165) is 24.2 Å². The van der Waals surface area contributed by atoms with Crippen LogP contribution < -0.4 is 0 Å². The molecule has 1 fully saturated rings. The van der Waals surface area contributed by atoms with Gasteiger partial charge >= 0.3 is 5.97 Å². The van der Waals surface area contributed by atoms with Gasteiger partial charge in [0.15, 0.2) is 5.65 Å². The topological polar surface area (TPSA) is 88.3 Å². The number of likely N-dealkylation sites (N-methyl/N-ethyl adjacent to an activating group) is 1. The first-order chi connectivity index (χ1) is 10.9. The van der Waals surface area contributed by atoms with Gasteiger partial charge in [0.1, 0.15) is 6.54 Å². The van der Waals surface area contributed by atoms with E-state index in [1.54, 1.807) is 11.6 Å². The molecule has 1 N–H and O–H groups in total. The quantitative estimate of drug-likeness (QED) is 0.907. The highest BCUT2D eigenvalue weighted by atomic mass is 16.4. The molecule has 7 nitrogen and oxygen atoms in total. The Bertz CT molecular complexity index is 792. The number of hydrogen-bond acceptors (Lipinski definition) is 4. The number of nitrogens with zero attached hydrogens (tertiary/aromatic N) is 4. The predicted octanol–water partition coefficient (Wildman–Crippen LogP) is 1.70. The second kappa shape index (κ2) is 5.64. The molecule has 1 aliphatic rings. The third-order valence-electron chi connectivity index (χ3n) is 4.21. The molecule has 0 aromatic carbocycles. The van der Waals surface area contributed by atoms with Crippen LogP contribution in [0.4, 0.5) is 0 Å². The van der Waals surface area contributed by atoms with Crippen molar-refractivity contribution in [1.82, 2.24) is 19.7 Å². The number of carbonyl (C=O) groups excluding carboxylic acids is 1. The SMILES string of the molecule is CCN(CC(=O)O)C(=O)c1cc(C2CC2)nc2c1c(C)nn2C. The van der Waals surface area contributed by atoms with Crippen LogP contribution in [0.2, 0.25) is 0 Å². The molecule has 122 valence electrons. The second-order valence-electron chi connectivity index (χ2n) is 5.99. The van der Waals surface area contributed by atoms with Gasteiger partial charge < -0.3 is 10.0 Å². The van der Waals surface area contributed by atoms with Crippen LogP contribution in [0.15, 0.2) is 6.07 Å². The van der Waals surface area contributed by atoms with E-state index in [-0.39, 0.29) is 12.5 Å². The number of carboxylic acids is 1. The molecular formula is C16H20N4O3. The molecule has 23 heavy (non-hydrogen) atoms. The Morgan fingerprint density at radius 3 is 2.70 bits per heavy atom. The summed E-state index contributed by atoms with van der Waals surface area (Å²) in [6.07, 6.45) is 2.16.